The monoisotopic (exact) mass is 246 g/mol. The fourth-order valence-electron chi connectivity index (χ4n) is 2.10. The van der Waals surface area contributed by atoms with Crippen molar-refractivity contribution >= 4 is 22.5 Å². The second-order valence-corrected chi connectivity index (χ2v) is 5.07. The van der Waals surface area contributed by atoms with Gasteiger partial charge in [-0.2, -0.15) is 11.8 Å². The molecule has 3 heteroatoms. The first-order valence-corrected chi connectivity index (χ1v) is 7.16. The maximum absolute atomic E-state index is 5.59. The van der Waals surface area contributed by atoms with Gasteiger partial charge in [0.05, 0.1) is 0 Å². The molecule has 0 heterocycles. The number of hydrazine groups is 1. The Hall–Kier alpha value is -1.03. The standard InChI is InChI=1S/C14H18N2S/c1-17-10-13(16-15)9-12-7-4-6-11-5-2-3-8-14(11)12/h2-8,13,16H,9-10,15H2,1H3. The zero-order valence-corrected chi connectivity index (χ0v) is 10.8. The molecule has 90 valence electrons. The van der Waals surface area contributed by atoms with E-state index in [2.05, 4.69) is 54.1 Å². The van der Waals surface area contributed by atoms with Crippen LogP contribution < -0.4 is 11.3 Å². The van der Waals surface area contributed by atoms with Crippen LogP contribution in [0.3, 0.4) is 0 Å². The van der Waals surface area contributed by atoms with Gasteiger partial charge >= 0.3 is 0 Å². The lowest BCUT2D eigenvalue weighted by Gasteiger charge is -2.15. The molecule has 3 N–H and O–H groups in total. The second kappa shape index (κ2) is 6.05. The van der Waals surface area contributed by atoms with E-state index in [1.807, 2.05) is 11.8 Å². The molecule has 0 spiro atoms. The van der Waals surface area contributed by atoms with Crippen molar-refractivity contribution in [1.29, 1.82) is 0 Å². The highest BCUT2D eigenvalue weighted by Gasteiger charge is 2.08. The maximum Gasteiger partial charge on any atom is 0.0341 e. The summed E-state index contributed by atoms with van der Waals surface area (Å²) in [4.78, 5) is 0. The fourth-order valence-corrected chi connectivity index (χ4v) is 2.72. The van der Waals surface area contributed by atoms with E-state index in [0.29, 0.717) is 6.04 Å². The van der Waals surface area contributed by atoms with Crippen LogP contribution in [0.15, 0.2) is 42.5 Å². The van der Waals surface area contributed by atoms with Crippen molar-refractivity contribution in [2.75, 3.05) is 12.0 Å². The average Bonchev–Trinajstić information content (AvgIpc) is 2.38. The highest BCUT2D eigenvalue weighted by Crippen LogP contribution is 2.20. The van der Waals surface area contributed by atoms with Crippen molar-refractivity contribution in [1.82, 2.24) is 5.43 Å². The Kier molecular flexibility index (Phi) is 4.42. The summed E-state index contributed by atoms with van der Waals surface area (Å²) in [5.74, 6) is 6.61. The molecule has 17 heavy (non-hydrogen) atoms. The zero-order chi connectivity index (χ0) is 12.1. The predicted octanol–water partition coefficient (Wildman–Crippen LogP) is 2.58. The topological polar surface area (TPSA) is 38.0 Å². The maximum atomic E-state index is 5.59. The molecule has 0 aliphatic carbocycles. The van der Waals surface area contributed by atoms with Gasteiger partial charge in [-0.05, 0) is 29.0 Å². The summed E-state index contributed by atoms with van der Waals surface area (Å²) in [6.45, 7) is 0. The average molecular weight is 246 g/mol. The molecule has 0 aromatic heterocycles. The highest BCUT2D eigenvalue weighted by atomic mass is 32.2. The Labute approximate surface area is 107 Å². The number of hydrogen-bond acceptors (Lipinski definition) is 3. The van der Waals surface area contributed by atoms with Crippen molar-refractivity contribution in [3.05, 3.63) is 48.0 Å². The lowest BCUT2D eigenvalue weighted by atomic mass is 10.00. The normalized spacial score (nSPS) is 12.8. The first-order chi connectivity index (χ1) is 8.35. The molecule has 0 radical (unpaired) electrons. The summed E-state index contributed by atoms with van der Waals surface area (Å²) in [6.07, 6.45) is 3.08. The van der Waals surface area contributed by atoms with E-state index in [1.165, 1.54) is 16.3 Å². The summed E-state index contributed by atoms with van der Waals surface area (Å²) >= 11 is 1.82. The summed E-state index contributed by atoms with van der Waals surface area (Å²) in [5.41, 5.74) is 4.26. The summed E-state index contributed by atoms with van der Waals surface area (Å²) in [7, 11) is 0. The molecule has 0 aliphatic heterocycles. The van der Waals surface area contributed by atoms with Crippen LogP contribution in [0, 0.1) is 0 Å². The molecular weight excluding hydrogens is 228 g/mol. The van der Waals surface area contributed by atoms with E-state index in [9.17, 15) is 0 Å². The molecule has 0 bridgehead atoms. The van der Waals surface area contributed by atoms with Crippen molar-refractivity contribution < 1.29 is 0 Å². The van der Waals surface area contributed by atoms with Crippen molar-refractivity contribution in [3.63, 3.8) is 0 Å². The van der Waals surface area contributed by atoms with Gasteiger partial charge in [-0.3, -0.25) is 11.3 Å². The van der Waals surface area contributed by atoms with Gasteiger partial charge in [0.1, 0.15) is 0 Å². The molecule has 2 nitrogen and oxygen atoms in total. The van der Waals surface area contributed by atoms with E-state index in [0.717, 1.165) is 12.2 Å². The summed E-state index contributed by atoms with van der Waals surface area (Å²) in [6, 6.07) is 15.3. The Balaban J connectivity index is 2.28. The lowest BCUT2D eigenvalue weighted by molar-refractivity contribution is 0.577. The number of nitrogens with one attached hydrogen (secondary N) is 1. The second-order valence-electron chi connectivity index (χ2n) is 4.16. The quantitative estimate of drug-likeness (QED) is 0.629. The van der Waals surface area contributed by atoms with Gasteiger partial charge in [-0.1, -0.05) is 42.5 Å². The van der Waals surface area contributed by atoms with Crippen LogP contribution in [-0.2, 0) is 6.42 Å². The first kappa shape index (κ1) is 12.4. The van der Waals surface area contributed by atoms with Crippen molar-refractivity contribution in [2.45, 2.75) is 12.5 Å². The van der Waals surface area contributed by atoms with Crippen LogP contribution in [0.4, 0.5) is 0 Å². The molecule has 1 atom stereocenters. The molecule has 2 rings (SSSR count). The van der Waals surface area contributed by atoms with Gasteiger partial charge in [0, 0.05) is 11.8 Å². The SMILES string of the molecule is CSCC(Cc1cccc2ccccc12)NN. The van der Waals surface area contributed by atoms with Gasteiger partial charge in [-0.25, -0.2) is 0 Å². The Morgan fingerprint density at radius 3 is 2.71 bits per heavy atom. The van der Waals surface area contributed by atoms with Gasteiger partial charge in [-0.15, -0.1) is 0 Å². The third-order valence-electron chi connectivity index (χ3n) is 2.95. The first-order valence-electron chi connectivity index (χ1n) is 5.77. The fraction of sp³-hybridized carbons (Fsp3) is 0.286. The third kappa shape index (κ3) is 3.00. The van der Waals surface area contributed by atoms with Crippen LogP contribution >= 0.6 is 11.8 Å². The summed E-state index contributed by atoms with van der Waals surface area (Å²) < 4.78 is 0. The highest BCUT2D eigenvalue weighted by molar-refractivity contribution is 7.98. The van der Waals surface area contributed by atoms with Crippen LogP contribution in [-0.4, -0.2) is 18.1 Å². The van der Waals surface area contributed by atoms with Gasteiger partial charge in [0.25, 0.3) is 0 Å². The van der Waals surface area contributed by atoms with Crippen LogP contribution in [0.25, 0.3) is 10.8 Å². The summed E-state index contributed by atoms with van der Waals surface area (Å²) in [5, 5.41) is 2.63. The molecular formula is C14H18N2S. The minimum Gasteiger partial charge on any atom is -0.271 e. The van der Waals surface area contributed by atoms with Crippen LogP contribution in [0.1, 0.15) is 5.56 Å². The number of benzene rings is 2. The number of hydrogen-bond donors (Lipinski definition) is 2. The molecule has 2 aromatic rings. The number of thioether (sulfide) groups is 1. The lowest BCUT2D eigenvalue weighted by Crippen LogP contribution is -2.38. The molecule has 0 aliphatic rings. The van der Waals surface area contributed by atoms with Gasteiger partial charge in [0.15, 0.2) is 0 Å². The third-order valence-corrected chi connectivity index (χ3v) is 3.69. The zero-order valence-electron chi connectivity index (χ0n) is 10.0. The Morgan fingerprint density at radius 2 is 1.94 bits per heavy atom. The van der Waals surface area contributed by atoms with E-state index in [1.54, 1.807) is 0 Å². The molecule has 0 amide bonds. The largest absolute Gasteiger partial charge is 0.271 e. The Bertz CT molecular complexity index is 479. The number of rotatable bonds is 5. The number of nitrogens with two attached hydrogens (primary N) is 1. The van der Waals surface area contributed by atoms with E-state index >= 15 is 0 Å². The van der Waals surface area contributed by atoms with Crippen LogP contribution in [0.5, 0.6) is 0 Å². The molecule has 2 aromatic carbocycles. The van der Waals surface area contributed by atoms with E-state index in [-0.39, 0.29) is 0 Å². The number of fused-ring (bicyclic) bond motifs is 1. The molecule has 1 unspecified atom stereocenters. The van der Waals surface area contributed by atoms with Crippen LogP contribution in [0.2, 0.25) is 0 Å². The smallest absolute Gasteiger partial charge is 0.0341 e. The van der Waals surface area contributed by atoms with Crippen molar-refractivity contribution in [2.24, 2.45) is 5.84 Å². The molecule has 0 saturated heterocycles. The van der Waals surface area contributed by atoms with Crippen molar-refractivity contribution in [3.8, 4) is 0 Å². The van der Waals surface area contributed by atoms with E-state index < -0.39 is 0 Å². The minimum absolute atomic E-state index is 0.329. The van der Waals surface area contributed by atoms with Gasteiger partial charge in [0.2, 0.25) is 0 Å². The predicted molar refractivity (Wildman–Crippen MR) is 77.1 cm³/mol. The Morgan fingerprint density at radius 1 is 1.18 bits per heavy atom. The van der Waals surface area contributed by atoms with Gasteiger partial charge < -0.3 is 0 Å². The molecule has 0 saturated carbocycles. The molecule has 0 fully saturated rings. The minimum atomic E-state index is 0.329. The van der Waals surface area contributed by atoms with E-state index in [4.69, 9.17) is 5.84 Å².